The number of aromatic hydroxyl groups is 2. The molecule has 10 heteroatoms. The summed E-state index contributed by atoms with van der Waals surface area (Å²) < 4.78 is 21.9. The van der Waals surface area contributed by atoms with E-state index >= 15 is 0 Å². The lowest BCUT2D eigenvalue weighted by molar-refractivity contribution is -0.119. The number of rotatable bonds is 8. The van der Waals surface area contributed by atoms with Gasteiger partial charge in [-0.25, -0.2) is 0 Å². The fraction of sp³-hybridized carbons (Fsp3) is 0.240. The monoisotopic (exact) mass is 802 g/mol. The molecule has 2 amide bonds. The molecule has 6 aromatic carbocycles. The zero-order valence-corrected chi connectivity index (χ0v) is 33.5. The molecule has 2 unspecified atom stereocenters. The van der Waals surface area contributed by atoms with Crippen LogP contribution in [-0.2, 0) is 25.7 Å². The van der Waals surface area contributed by atoms with Gasteiger partial charge in [0.1, 0.15) is 23.0 Å². The first-order valence-electron chi connectivity index (χ1n) is 20.3. The maximum absolute atomic E-state index is 14.2. The molecule has 4 heterocycles. The predicted molar refractivity (Wildman–Crippen MR) is 228 cm³/mol. The highest BCUT2D eigenvalue weighted by Crippen LogP contribution is 2.50. The molecule has 4 aliphatic heterocycles. The van der Waals surface area contributed by atoms with E-state index in [0.29, 0.717) is 35.8 Å². The molecule has 1 fully saturated rings. The van der Waals surface area contributed by atoms with E-state index < -0.39 is 11.8 Å². The molecule has 3 atom stereocenters. The Labute approximate surface area is 349 Å². The predicted octanol–water partition coefficient (Wildman–Crippen LogP) is 8.89. The highest BCUT2D eigenvalue weighted by molar-refractivity contribution is 6.09. The smallest absolute Gasteiger partial charge is 0.240 e. The molecule has 304 valence electrons. The van der Waals surface area contributed by atoms with Crippen LogP contribution >= 0.6 is 0 Å². The van der Waals surface area contributed by atoms with E-state index in [4.69, 9.17) is 18.9 Å². The summed E-state index contributed by atoms with van der Waals surface area (Å²) in [5.74, 6) is 0.117. The van der Waals surface area contributed by atoms with Crippen molar-refractivity contribution >= 4 is 23.2 Å². The van der Waals surface area contributed by atoms with Crippen molar-refractivity contribution in [3.63, 3.8) is 0 Å². The third-order valence-corrected chi connectivity index (χ3v) is 11.9. The summed E-state index contributed by atoms with van der Waals surface area (Å²) in [6, 6.07) is 42.4. The number of anilines is 2. The minimum Gasteiger partial charge on any atom is -0.507 e. The van der Waals surface area contributed by atoms with Crippen LogP contribution in [0, 0.1) is 6.92 Å². The quantitative estimate of drug-likeness (QED) is 0.157. The average molecular weight is 803 g/mol. The zero-order valence-electron chi connectivity index (χ0n) is 33.5. The first-order chi connectivity index (χ1) is 29.3. The maximum Gasteiger partial charge on any atom is 0.240 e. The van der Waals surface area contributed by atoms with Crippen molar-refractivity contribution in [1.82, 2.24) is 0 Å². The number of carbonyl (C=O) groups excluding carboxylic acids is 2. The van der Waals surface area contributed by atoms with Gasteiger partial charge in [0.15, 0.2) is 6.79 Å². The van der Waals surface area contributed by atoms with Crippen LogP contribution in [0.3, 0.4) is 0 Å². The van der Waals surface area contributed by atoms with E-state index in [1.54, 1.807) is 19.2 Å². The van der Waals surface area contributed by atoms with Gasteiger partial charge in [0.25, 0.3) is 0 Å². The van der Waals surface area contributed by atoms with Crippen LogP contribution in [0.2, 0.25) is 0 Å². The Morgan fingerprint density at radius 1 is 0.717 bits per heavy atom. The molecule has 10 rings (SSSR count). The summed E-state index contributed by atoms with van der Waals surface area (Å²) in [5, 5.41) is 21.5. The first kappa shape index (κ1) is 38.9. The number of amides is 2. The standard InChI is InChI=1S/C29H25NO3.C21H21NO5/c1-19-17-23(25(31)18-26(19)33-2)27-22-15-9-10-16-24(22)30(29(27)32)28(20-11-5-3-6-12-20)21-13-7-4-8-14-21;23-18-9-19-13(11-25-12-27-19)8-16(18)20-15-5-1-2-6-17(15)22(21(20)24)10-14-4-3-7-26-14/h3-18,27-28,31H,1-2H3;1-2,5-6,8-9,14,20,23H,3-4,7,10-12H2/t;14-,20?/m.1/s1. The van der Waals surface area contributed by atoms with Crippen LogP contribution in [0.4, 0.5) is 11.4 Å². The largest absolute Gasteiger partial charge is 0.507 e. The summed E-state index contributed by atoms with van der Waals surface area (Å²) in [4.78, 5) is 31.2. The highest BCUT2D eigenvalue weighted by atomic mass is 16.7. The summed E-state index contributed by atoms with van der Waals surface area (Å²) in [6.45, 7) is 3.80. The van der Waals surface area contributed by atoms with Gasteiger partial charge in [0.05, 0.1) is 44.2 Å². The zero-order chi connectivity index (χ0) is 41.3. The van der Waals surface area contributed by atoms with Gasteiger partial charge in [-0.3, -0.25) is 14.5 Å². The third-order valence-electron chi connectivity index (χ3n) is 11.9. The molecular weight excluding hydrogens is 757 g/mol. The number of para-hydroxylation sites is 2. The summed E-state index contributed by atoms with van der Waals surface area (Å²) in [5.41, 5.74) is 8.51. The number of ether oxygens (including phenoxy) is 4. The van der Waals surface area contributed by atoms with Gasteiger partial charge < -0.3 is 34.1 Å². The van der Waals surface area contributed by atoms with Crippen molar-refractivity contribution in [2.75, 3.05) is 36.9 Å². The number of methoxy groups -OCH3 is 1. The molecule has 60 heavy (non-hydrogen) atoms. The number of phenols is 2. The van der Waals surface area contributed by atoms with Crippen molar-refractivity contribution in [2.45, 2.75) is 50.4 Å². The molecule has 0 radical (unpaired) electrons. The third kappa shape index (κ3) is 7.12. The lowest BCUT2D eigenvalue weighted by Gasteiger charge is -2.30. The van der Waals surface area contributed by atoms with Gasteiger partial charge in [-0.05, 0) is 71.8 Å². The lowest BCUT2D eigenvalue weighted by atomic mass is 9.90. The van der Waals surface area contributed by atoms with E-state index in [1.165, 1.54) is 0 Å². The Hall–Kier alpha value is -6.62. The fourth-order valence-electron chi connectivity index (χ4n) is 9.05. The number of carbonyl (C=O) groups is 2. The van der Waals surface area contributed by atoms with Gasteiger partial charge in [-0.15, -0.1) is 0 Å². The van der Waals surface area contributed by atoms with Crippen molar-refractivity contribution < 1.29 is 38.7 Å². The fourth-order valence-corrected chi connectivity index (χ4v) is 9.05. The Balaban J connectivity index is 0.000000157. The van der Waals surface area contributed by atoms with E-state index in [-0.39, 0.29) is 42.3 Å². The van der Waals surface area contributed by atoms with Gasteiger partial charge >= 0.3 is 0 Å². The van der Waals surface area contributed by atoms with Crippen molar-refractivity contribution in [3.8, 4) is 23.0 Å². The molecule has 0 bridgehead atoms. The number of hydrogen-bond donors (Lipinski definition) is 2. The van der Waals surface area contributed by atoms with Gasteiger partial charge in [0, 0.05) is 46.8 Å². The molecular formula is C50H46N2O8. The highest BCUT2D eigenvalue weighted by Gasteiger charge is 2.44. The normalized spacial score (nSPS) is 19.0. The van der Waals surface area contributed by atoms with Crippen molar-refractivity contribution in [3.05, 3.63) is 178 Å². The van der Waals surface area contributed by atoms with Crippen LogP contribution in [0.5, 0.6) is 23.0 Å². The number of aryl methyl sites for hydroxylation is 1. The van der Waals surface area contributed by atoms with Crippen molar-refractivity contribution in [2.24, 2.45) is 0 Å². The van der Waals surface area contributed by atoms with Crippen LogP contribution in [-0.4, -0.2) is 55.2 Å². The Morgan fingerprint density at radius 2 is 1.32 bits per heavy atom. The molecule has 10 nitrogen and oxygen atoms in total. The summed E-state index contributed by atoms with van der Waals surface area (Å²) >= 11 is 0. The first-order valence-corrected chi connectivity index (χ1v) is 20.3. The van der Waals surface area contributed by atoms with E-state index in [0.717, 1.165) is 64.2 Å². The van der Waals surface area contributed by atoms with Gasteiger partial charge in [0.2, 0.25) is 11.8 Å². The summed E-state index contributed by atoms with van der Waals surface area (Å²) in [6.07, 6.45) is 2.07. The average Bonchev–Trinajstić information content (AvgIpc) is 3.97. The Kier molecular flexibility index (Phi) is 10.7. The Bertz CT molecular complexity index is 2500. The SMILES string of the molecule is COc1cc(O)c(C2C(=O)N(C(c3ccccc3)c3ccccc3)c3ccccc32)cc1C.O=C1C(c2cc3c(cc2O)OCOC3)c2ccccc2N1C[C@H]1CCCO1. The molecule has 1 saturated heterocycles. The maximum atomic E-state index is 14.2. The van der Waals surface area contributed by atoms with Gasteiger partial charge in [-0.2, -0.15) is 0 Å². The molecule has 6 aromatic rings. The number of phenolic OH excluding ortho intramolecular Hbond substituents is 2. The van der Waals surface area contributed by atoms with E-state index in [9.17, 15) is 19.8 Å². The summed E-state index contributed by atoms with van der Waals surface area (Å²) in [7, 11) is 1.57. The van der Waals surface area contributed by atoms with E-state index in [1.807, 2.05) is 114 Å². The van der Waals surface area contributed by atoms with E-state index in [2.05, 4.69) is 24.3 Å². The van der Waals surface area contributed by atoms with Crippen LogP contribution in [0.1, 0.15) is 75.2 Å². The molecule has 0 aromatic heterocycles. The topological polar surface area (TPSA) is 118 Å². The molecule has 0 aliphatic carbocycles. The molecule has 0 saturated carbocycles. The van der Waals surface area contributed by atoms with Crippen LogP contribution in [0.15, 0.2) is 133 Å². The number of benzene rings is 6. The molecule has 4 aliphatic rings. The second-order valence-electron chi connectivity index (χ2n) is 15.5. The van der Waals surface area contributed by atoms with Crippen molar-refractivity contribution in [1.29, 1.82) is 0 Å². The van der Waals surface area contributed by atoms with Gasteiger partial charge in [-0.1, -0.05) is 97.1 Å². The van der Waals surface area contributed by atoms with Crippen LogP contribution < -0.4 is 19.3 Å². The molecule has 2 N–H and O–H groups in total. The minimum absolute atomic E-state index is 0.0282. The number of hydrogen-bond acceptors (Lipinski definition) is 8. The Morgan fingerprint density at radius 3 is 1.98 bits per heavy atom. The lowest BCUT2D eigenvalue weighted by Crippen LogP contribution is -2.36. The second kappa shape index (κ2) is 16.6. The van der Waals surface area contributed by atoms with Crippen LogP contribution in [0.25, 0.3) is 0 Å². The number of fused-ring (bicyclic) bond motifs is 3. The number of nitrogens with zero attached hydrogens (tertiary/aromatic N) is 2. The molecule has 0 spiro atoms. The minimum atomic E-state index is -0.597. The second-order valence-corrected chi connectivity index (χ2v) is 15.5.